The predicted molar refractivity (Wildman–Crippen MR) is 147 cm³/mol. The molecule has 1 amide bonds. The lowest BCUT2D eigenvalue weighted by molar-refractivity contribution is -0.130. The predicted octanol–water partition coefficient (Wildman–Crippen LogP) is 4.02. The molecule has 10 nitrogen and oxygen atoms in total. The van der Waals surface area contributed by atoms with Crippen LogP contribution in [-0.2, 0) is 4.79 Å². The number of likely N-dealkylation sites (tertiary alicyclic amines) is 1. The highest BCUT2D eigenvalue weighted by Gasteiger charge is 2.47. The summed E-state index contributed by atoms with van der Waals surface area (Å²) in [5, 5.41) is 28.9. The highest BCUT2D eigenvalue weighted by atomic mass is 16.5. The largest absolute Gasteiger partial charge is 0.479 e. The fourth-order valence-electron chi connectivity index (χ4n) is 6.24. The van der Waals surface area contributed by atoms with Crippen LogP contribution in [0, 0.1) is 23.7 Å². The molecule has 204 valence electrons. The third-order valence-corrected chi connectivity index (χ3v) is 8.50. The zero-order chi connectivity index (χ0) is 27.9. The lowest BCUT2D eigenvalue weighted by atomic mass is 9.60. The van der Waals surface area contributed by atoms with E-state index in [0.29, 0.717) is 28.6 Å². The van der Waals surface area contributed by atoms with E-state index in [1.54, 1.807) is 22.8 Å². The van der Waals surface area contributed by atoms with Gasteiger partial charge in [-0.2, -0.15) is 15.5 Å². The van der Waals surface area contributed by atoms with E-state index < -0.39 is 6.10 Å². The number of amides is 1. The van der Waals surface area contributed by atoms with Crippen LogP contribution >= 0.6 is 0 Å². The molecule has 40 heavy (non-hydrogen) atoms. The van der Waals surface area contributed by atoms with Crippen LogP contribution in [0.2, 0.25) is 0 Å². The summed E-state index contributed by atoms with van der Waals surface area (Å²) in [5.74, 6) is 0.454. The van der Waals surface area contributed by atoms with Crippen LogP contribution in [0.3, 0.4) is 0 Å². The van der Waals surface area contributed by atoms with E-state index >= 15 is 0 Å². The van der Waals surface area contributed by atoms with Gasteiger partial charge >= 0.3 is 0 Å². The molecule has 1 saturated carbocycles. The van der Waals surface area contributed by atoms with Gasteiger partial charge in [-0.15, -0.1) is 0 Å². The molecule has 1 unspecified atom stereocenters. The first-order valence-electron chi connectivity index (χ1n) is 13.5. The molecule has 10 heteroatoms. The van der Waals surface area contributed by atoms with Gasteiger partial charge in [-0.25, -0.2) is 4.52 Å². The third kappa shape index (κ3) is 4.42. The molecule has 2 aliphatic rings. The number of ether oxygens (including phenoxy) is 1. The van der Waals surface area contributed by atoms with Gasteiger partial charge in [0.05, 0.1) is 30.7 Å². The van der Waals surface area contributed by atoms with Gasteiger partial charge in [-0.05, 0) is 62.3 Å². The molecule has 2 fully saturated rings. The number of hydrogen-bond acceptors (Lipinski definition) is 7. The zero-order valence-corrected chi connectivity index (χ0v) is 22.4. The van der Waals surface area contributed by atoms with E-state index in [1.807, 2.05) is 29.4 Å². The molecule has 1 atom stereocenters. The number of pyridine rings is 2. The number of nitriles is 1. The minimum Gasteiger partial charge on any atom is -0.479 e. The Kier molecular flexibility index (Phi) is 6.60. The Morgan fingerprint density at radius 2 is 2.10 bits per heavy atom. The Hall–Kier alpha value is -4.49. The molecule has 0 bridgehead atoms. The molecule has 1 aliphatic heterocycles. The number of carbonyl (C=O) groups is 1. The van der Waals surface area contributed by atoms with Crippen LogP contribution in [0.4, 0.5) is 0 Å². The van der Waals surface area contributed by atoms with Gasteiger partial charge in [-0.3, -0.25) is 14.5 Å². The summed E-state index contributed by atoms with van der Waals surface area (Å²) < 4.78 is 10.0. The van der Waals surface area contributed by atoms with Gasteiger partial charge in [0.1, 0.15) is 22.9 Å². The van der Waals surface area contributed by atoms with Crippen LogP contribution in [0.15, 0.2) is 61.7 Å². The van der Waals surface area contributed by atoms with Gasteiger partial charge in [0, 0.05) is 42.3 Å². The molecule has 1 spiro atoms. The molecule has 5 heterocycles. The summed E-state index contributed by atoms with van der Waals surface area (Å²) in [6, 6.07) is 9.82. The highest BCUT2D eigenvalue weighted by Crippen LogP contribution is 2.55. The number of aliphatic hydroxyl groups is 1. The Labute approximate surface area is 232 Å². The molecule has 4 aromatic rings. The van der Waals surface area contributed by atoms with Crippen molar-refractivity contribution in [2.75, 3.05) is 19.7 Å². The van der Waals surface area contributed by atoms with E-state index in [1.165, 1.54) is 12.3 Å². The Morgan fingerprint density at radius 1 is 1.30 bits per heavy atom. The van der Waals surface area contributed by atoms with Crippen LogP contribution in [0.5, 0.6) is 5.75 Å². The van der Waals surface area contributed by atoms with Gasteiger partial charge < -0.3 is 14.7 Å². The minimum atomic E-state index is -0.704. The van der Waals surface area contributed by atoms with Crippen molar-refractivity contribution in [1.82, 2.24) is 29.3 Å². The van der Waals surface area contributed by atoms with E-state index in [0.717, 1.165) is 55.6 Å². The van der Waals surface area contributed by atoms with Crippen molar-refractivity contribution in [2.45, 2.75) is 44.8 Å². The summed E-state index contributed by atoms with van der Waals surface area (Å²) in [6.07, 6.45) is 11.7. The fourth-order valence-corrected chi connectivity index (χ4v) is 6.24. The average molecular weight is 538 g/mol. The number of aromatic nitrogens is 5. The number of aliphatic hydroxyl groups excluding tert-OH is 1. The van der Waals surface area contributed by atoms with E-state index in [9.17, 15) is 15.2 Å². The number of piperidine rings is 1. The van der Waals surface area contributed by atoms with Crippen molar-refractivity contribution < 1.29 is 14.6 Å². The Bertz CT molecular complexity index is 1600. The van der Waals surface area contributed by atoms with Crippen molar-refractivity contribution in [3.05, 3.63) is 78.7 Å². The monoisotopic (exact) mass is 537 g/mol. The van der Waals surface area contributed by atoms with Crippen molar-refractivity contribution in [3.8, 4) is 22.9 Å². The maximum Gasteiger partial charge on any atom is 0.245 e. The summed E-state index contributed by atoms with van der Waals surface area (Å²) in [7, 11) is 0. The standard InChI is InChI=1S/C30H31N7O3/c1-3-28(39)35-10-7-30(8-11-35)13-23(14-30)37-20(2)24(17-34-37)21-12-26(29-22(15-31)16-33-36(29)18-21)40-27(19-38)25-6-4-5-9-32-25/h3-6,9,12,16-18,23,27,38H,1,7-8,10-11,13-14,19H2,2H3. The maximum absolute atomic E-state index is 12.0. The maximum atomic E-state index is 12.0. The second-order valence-electron chi connectivity index (χ2n) is 10.8. The summed E-state index contributed by atoms with van der Waals surface area (Å²) in [6.45, 7) is 6.97. The molecule has 1 aliphatic carbocycles. The second-order valence-corrected chi connectivity index (χ2v) is 10.8. The molecule has 0 radical (unpaired) electrons. The molecule has 1 N–H and O–H groups in total. The fraction of sp³-hybridized carbons (Fsp3) is 0.367. The highest BCUT2D eigenvalue weighted by molar-refractivity contribution is 5.87. The number of carbonyl (C=O) groups excluding carboxylic acids is 1. The van der Waals surface area contributed by atoms with Crippen LogP contribution in [-0.4, -0.2) is 60.0 Å². The summed E-state index contributed by atoms with van der Waals surface area (Å²) >= 11 is 0. The molecular formula is C30H31N7O3. The Morgan fingerprint density at radius 3 is 2.77 bits per heavy atom. The molecule has 6 rings (SSSR count). The quantitative estimate of drug-likeness (QED) is 0.354. The lowest BCUT2D eigenvalue weighted by Gasteiger charge is -2.52. The topological polar surface area (TPSA) is 122 Å². The molecule has 1 saturated heterocycles. The van der Waals surface area contributed by atoms with E-state index in [-0.39, 0.29) is 17.9 Å². The van der Waals surface area contributed by atoms with Gasteiger partial charge in [-0.1, -0.05) is 12.6 Å². The molecular weight excluding hydrogens is 506 g/mol. The zero-order valence-electron chi connectivity index (χ0n) is 22.4. The lowest BCUT2D eigenvalue weighted by Crippen LogP contribution is -2.49. The van der Waals surface area contributed by atoms with Crippen LogP contribution in [0.25, 0.3) is 16.6 Å². The Balaban J connectivity index is 1.27. The number of nitrogens with zero attached hydrogens (tertiary/aromatic N) is 7. The van der Waals surface area contributed by atoms with Crippen molar-refractivity contribution in [3.63, 3.8) is 0 Å². The first-order valence-corrected chi connectivity index (χ1v) is 13.5. The summed E-state index contributed by atoms with van der Waals surface area (Å²) in [4.78, 5) is 18.2. The number of rotatable bonds is 7. The van der Waals surface area contributed by atoms with Crippen molar-refractivity contribution in [2.24, 2.45) is 5.41 Å². The smallest absolute Gasteiger partial charge is 0.245 e. The van der Waals surface area contributed by atoms with Crippen molar-refractivity contribution in [1.29, 1.82) is 5.26 Å². The number of hydrogen-bond donors (Lipinski definition) is 1. The van der Waals surface area contributed by atoms with Crippen molar-refractivity contribution >= 4 is 11.4 Å². The van der Waals surface area contributed by atoms with E-state index in [2.05, 4.69) is 34.3 Å². The second kappa shape index (κ2) is 10.2. The SMILES string of the molecule is C=CC(=O)N1CCC2(CC1)CC(n1ncc(-c3cc(OC(CO)c4ccccn4)c4c(C#N)cnn4c3)c1C)C2. The number of fused-ring (bicyclic) bond motifs is 1. The van der Waals surface area contributed by atoms with Gasteiger partial charge in [0.25, 0.3) is 0 Å². The molecule has 4 aromatic heterocycles. The third-order valence-electron chi connectivity index (χ3n) is 8.50. The van der Waals surface area contributed by atoms with Crippen LogP contribution in [0.1, 0.15) is 54.8 Å². The average Bonchev–Trinajstić information content (AvgIpc) is 3.57. The molecule has 0 aromatic carbocycles. The van der Waals surface area contributed by atoms with E-state index in [4.69, 9.17) is 9.84 Å². The first kappa shape index (κ1) is 25.8. The normalized spacial score (nSPS) is 17.4. The van der Waals surface area contributed by atoms with Crippen LogP contribution < -0.4 is 4.74 Å². The minimum absolute atomic E-state index is 0.0167. The van der Waals surface area contributed by atoms with Gasteiger partial charge in [0.15, 0.2) is 6.10 Å². The van der Waals surface area contributed by atoms with Gasteiger partial charge in [0.2, 0.25) is 5.91 Å². The first-order chi connectivity index (χ1) is 19.4. The summed E-state index contributed by atoms with van der Waals surface area (Å²) in [5.41, 5.74) is 4.62.